The summed E-state index contributed by atoms with van der Waals surface area (Å²) in [5.41, 5.74) is 2.93. The summed E-state index contributed by atoms with van der Waals surface area (Å²) in [4.78, 5) is 16.3. The monoisotopic (exact) mass is 774 g/mol. The Morgan fingerprint density at radius 1 is 1.10 bits per heavy atom. The molecule has 1 saturated carbocycles. The van der Waals surface area contributed by atoms with Gasteiger partial charge in [-0.05, 0) is 122 Å². The number of thioether (sulfide) groups is 2. The average molecular weight is 775 g/mol. The molecule has 12 heteroatoms. The van der Waals surface area contributed by atoms with Crippen LogP contribution in [-0.4, -0.2) is 81.8 Å². The molecule has 3 heterocycles. The van der Waals surface area contributed by atoms with Crippen molar-refractivity contribution in [2.75, 3.05) is 56.9 Å². The molecule has 7 rings (SSSR count). The third-order valence-corrected chi connectivity index (χ3v) is 17.5. The van der Waals surface area contributed by atoms with Gasteiger partial charge in [0.2, 0.25) is 10.0 Å². The van der Waals surface area contributed by atoms with Gasteiger partial charge < -0.3 is 19.1 Å². The van der Waals surface area contributed by atoms with Crippen LogP contribution in [0, 0.1) is 17.8 Å². The molecule has 5 aliphatic rings. The maximum atomic E-state index is 14.0. The van der Waals surface area contributed by atoms with Gasteiger partial charge in [0, 0.05) is 49.9 Å². The summed E-state index contributed by atoms with van der Waals surface area (Å²) in [6.07, 6.45) is 11.6. The van der Waals surface area contributed by atoms with Crippen LogP contribution in [0.15, 0.2) is 48.6 Å². The fourth-order valence-corrected chi connectivity index (χ4v) is 14.5. The maximum Gasteiger partial charge on any atom is 0.264 e. The SMILES string of the molecule is COCC[C@@H]1[C@@H](C)C/C=C/[C@](OC)(C2SCCCS2)[C@@H]2CC[C@H]2CN2C[C@@]3(CCCc4cc(Cl)ccc43)COc3ccc(cc32)C(=O)NS1(=O)=O. The number of rotatable bonds is 5. The molecule has 0 radical (unpaired) electrons. The Labute approximate surface area is 317 Å². The number of nitrogens with zero attached hydrogens (tertiary/aromatic N) is 1. The number of anilines is 1. The van der Waals surface area contributed by atoms with Gasteiger partial charge in [0.1, 0.15) is 11.4 Å². The molecular formula is C39H51ClN2O6S3. The fraction of sp³-hybridized carbons (Fsp3) is 0.615. The number of fused-ring (bicyclic) bond motifs is 4. The number of hydrogen-bond acceptors (Lipinski definition) is 9. The van der Waals surface area contributed by atoms with Gasteiger partial charge in [-0.2, -0.15) is 0 Å². The molecule has 278 valence electrons. The average Bonchev–Trinajstić information content (AvgIpc) is 3.26. The molecule has 2 fully saturated rings. The van der Waals surface area contributed by atoms with Crippen molar-refractivity contribution in [3.05, 3.63) is 70.3 Å². The lowest BCUT2D eigenvalue weighted by molar-refractivity contribution is -0.0639. The van der Waals surface area contributed by atoms with E-state index in [2.05, 4.69) is 33.9 Å². The van der Waals surface area contributed by atoms with Gasteiger partial charge in [0.25, 0.3) is 5.91 Å². The number of aryl methyl sites for hydroxylation is 1. The minimum absolute atomic E-state index is 0.245. The molecule has 0 unspecified atom stereocenters. The zero-order valence-electron chi connectivity index (χ0n) is 29.9. The van der Waals surface area contributed by atoms with E-state index < -0.39 is 26.8 Å². The Morgan fingerprint density at radius 3 is 2.67 bits per heavy atom. The van der Waals surface area contributed by atoms with Crippen LogP contribution in [0.4, 0.5) is 5.69 Å². The van der Waals surface area contributed by atoms with Crippen molar-refractivity contribution in [1.29, 1.82) is 0 Å². The second-order valence-electron chi connectivity index (χ2n) is 15.1. The number of methoxy groups -OCH3 is 2. The zero-order valence-corrected chi connectivity index (χ0v) is 33.1. The summed E-state index contributed by atoms with van der Waals surface area (Å²) in [7, 11) is -0.612. The van der Waals surface area contributed by atoms with E-state index in [9.17, 15) is 13.2 Å². The molecule has 1 amide bonds. The lowest BCUT2D eigenvalue weighted by Crippen LogP contribution is -2.56. The van der Waals surface area contributed by atoms with Crippen molar-refractivity contribution in [2.45, 2.75) is 79.1 Å². The Morgan fingerprint density at radius 2 is 1.92 bits per heavy atom. The first-order valence-electron chi connectivity index (χ1n) is 18.4. The molecule has 0 aromatic heterocycles. The molecular weight excluding hydrogens is 724 g/mol. The van der Waals surface area contributed by atoms with E-state index in [1.165, 1.54) is 17.5 Å². The van der Waals surface area contributed by atoms with E-state index in [0.717, 1.165) is 67.4 Å². The first-order valence-corrected chi connectivity index (χ1v) is 22.4. The number of nitrogens with one attached hydrogen (secondary N) is 1. The van der Waals surface area contributed by atoms with Gasteiger partial charge in [-0.25, -0.2) is 13.1 Å². The fourth-order valence-electron chi connectivity index (χ4n) is 9.22. The smallest absolute Gasteiger partial charge is 0.264 e. The second kappa shape index (κ2) is 15.5. The molecule has 8 nitrogen and oxygen atoms in total. The molecule has 1 N–H and O–H groups in total. The highest BCUT2D eigenvalue weighted by atomic mass is 35.5. The third kappa shape index (κ3) is 7.33. The molecule has 1 saturated heterocycles. The van der Waals surface area contributed by atoms with E-state index in [4.69, 9.17) is 25.8 Å². The number of carbonyl (C=O) groups excluding carboxylic acids is 1. The summed E-state index contributed by atoms with van der Waals surface area (Å²) in [6, 6.07) is 11.7. The topological polar surface area (TPSA) is 94.2 Å². The van der Waals surface area contributed by atoms with Gasteiger partial charge in [0.15, 0.2) is 0 Å². The van der Waals surface area contributed by atoms with Crippen LogP contribution in [0.25, 0.3) is 0 Å². The van der Waals surface area contributed by atoms with Crippen LogP contribution in [0.5, 0.6) is 5.75 Å². The number of benzene rings is 2. The van der Waals surface area contributed by atoms with Crippen molar-refractivity contribution in [3.8, 4) is 5.75 Å². The number of hydrogen-bond donors (Lipinski definition) is 1. The van der Waals surface area contributed by atoms with Gasteiger partial charge in [0.05, 0.1) is 22.1 Å². The molecule has 6 atom stereocenters. The lowest BCUT2D eigenvalue weighted by Gasteiger charge is -2.53. The largest absolute Gasteiger partial charge is 0.490 e. The van der Waals surface area contributed by atoms with E-state index in [1.807, 2.05) is 55.8 Å². The Hall–Kier alpha value is -1.89. The first kappa shape index (κ1) is 37.4. The van der Waals surface area contributed by atoms with E-state index in [1.54, 1.807) is 13.2 Å². The number of amides is 1. The summed E-state index contributed by atoms with van der Waals surface area (Å²) < 4.78 is 49.4. The van der Waals surface area contributed by atoms with Crippen LogP contribution < -0.4 is 14.4 Å². The van der Waals surface area contributed by atoms with Crippen LogP contribution in [0.2, 0.25) is 5.02 Å². The van der Waals surface area contributed by atoms with Crippen LogP contribution in [0.1, 0.15) is 73.4 Å². The first-order chi connectivity index (χ1) is 24.6. The van der Waals surface area contributed by atoms with E-state index in [-0.39, 0.29) is 34.9 Å². The second-order valence-corrected chi connectivity index (χ2v) is 20.2. The molecule has 1 spiro atoms. The van der Waals surface area contributed by atoms with E-state index in [0.29, 0.717) is 30.3 Å². The number of carbonyl (C=O) groups is 1. The number of ether oxygens (including phenoxy) is 3. The summed E-state index contributed by atoms with van der Waals surface area (Å²) in [6.45, 7) is 4.24. The van der Waals surface area contributed by atoms with E-state index >= 15 is 0 Å². The molecule has 3 aliphatic heterocycles. The number of halogens is 1. The predicted molar refractivity (Wildman–Crippen MR) is 209 cm³/mol. The number of sulfonamides is 1. The standard InChI is InChI=1S/C39H51ClN2O6S3/c1-26-7-4-17-39(47-3,37-49-19-6-20-50-37)32-12-9-29(32)23-42-24-38(16-5-8-27-21-30(40)11-13-31(27)38)25-48-34-14-10-28(22-33(34)42)36(43)41-51(44,45)35(26)15-18-46-2/h4,10-11,13-14,17,21-22,26,29,32,35,37H,5-9,12,15-16,18-20,23-25H2,1-3H3,(H,41,43)/b17-4+/t26-,29-,32+,35+,38-,39+/m0/s1. The quantitative estimate of drug-likeness (QED) is 0.311. The van der Waals surface area contributed by atoms with Crippen molar-refractivity contribution in [2.24, 2.45) is 17.8 Å². The summed E-state index contributed by atoms with van der Waals surface area (Å²) >= 11 is 10.5. The van der Waals surface area contributed by atoms with Crippen molar-refractivity contribution >= 4 is 56.7 Å². The van der Waals surface area contributed by atoms with Gasteiger partial charge in [-0.1, -0.05) is 36.7 Å². The minimum Gasteiger partial charge on any atom is -0.490 e. The van der Waals surface area contributed by atoms with Gasteiger partial charge in [-0.15, -0.1) is 23.5 Å². The minimum atomic E-state index is -4.04. The van der Waals surface area contributed by atoms with Gasteiger partial charge in [-0.3, -0.25) is 4.79 Å². The van der Waals surface area contributed by atoms with Crippen LogP contribution in [0.3, 0.4) is 0 Å². The molecule has 2 aromatic carbocycles. The van der Waals surface area contributed by atoms with Crippen molar-refractivity contribution in [3.63, 3.8) is 0 Å². The zero-order chi connectivity index (χ0) is 35.8. The van der Waals surface area contributed by atoms with Crippen LogP contribution in [-0.2, 0) is 31.3 Å². The van der Waals surface area contributed by atoms with Gasteiger partial charge >= 0.3 is 0 Å². The van der Waals surface area contributed by atoms with Crippen LogP contribution >= 0.6 is 35.1 Å². The Kier molecular flexibility index (Phi) is 11.3. The highest BCUT2D eigenvalue weighted by molar-refractivity contribution is 8.17. The molecule has 2 bridgehead atoms. The Balaban J connectivity index is 1.34. The predicted octanol–water partition coefficient (Wildman–Crippen LogP) is 7.48. The summed E-state index contributed by atoms with van der Waals surface area (Å²) in [5, 5.41) is -0.0657. The Bertz CT molecular complexity index is 1740. The third-order valence-electron chi connectivity index (χ3n) is 12.1. The van der Waals surface area contributed by atoms with Crippen molar-refractivity contribution in [1.82, 2.24) is 4.72 Å². The maximum absolute atomic E-state index is 14.0. The normalized spacial score (nSPS) is 33.2. The van der Waals surface area contributed by atoms with Crippen molar-refractivity contribution < 1.29 is 27.4 Å². The summed E-state index contributed by atoms with van der Waals surface area (Å²) in [5.74, 6) is 2.68. The highest BCUT2D eigenvalue weighted by Crippen LogP contribution is 2.54. The highest BCUT2D eigenvalue weighted by Gasteiger charge is 2.53. The lowest BCUT2D eigenvalue weighted by atomic mass is 9.64. The molecule has 2 aromatic rings. The molecule has 51 heavy (non-hydrogen) atoms. The number of allylic oxidation sites excluding steroid dienone is 1. The molecule has 2 aliphatic carbocycles.